The highest BCUT2D eigenvalue weighted by Gasteiger charge is 2.18. The van der Waals surface area contributed by atoms with E-state index in [0.29, 0.717) is 22.5 Å². The van der Waals surface area contributed by atoms with Gasteiger partial charge in [-0.1, -0.05) is 18.2 Å². The van der Waals surface area contributed by atoms with Crippen LogP contribution in [0, 0.1) is 12.7 Å². The van der Waals surface area contributed by atoms with Crippen LogP contribution in [0.15, 0.2) is 51.4 Å². The summed E-state index contributed by atoms with van der Waals surface area (Å²) in [5.41, 5.74) is 2.03. The fourth-order valence-electron chi connectivity index (χ4n) is 2.28. The molecule has 1 N–H and O–H groups in total. The summed E-state index contributed by atoms with van der Waals surface area (Å²) in [5.74, 6) is 0.132. The number of benzene rings is 2. The third-order valence-electron chi connectivity index (χ3n) is 3.31. The molecule has 0 aliphatic rings. The van der Waals surface area contributed by atoms with Crippen molar-refractivity contribution in [3.8, 4) is 0 Å². The van der Waals surface area contributed by atoms with Crippen molar-refractivity contribution in [2.24, 2.45) is 0 Å². The van der Waals surface area contributed by atoms with Crippen LogP contribution in [0.25, 0.3) is 11.0 Å². The van der Waals surface area contributed by atoms with Crippen molar-refractivity contribution in [3.05, 3.63) is 69.6 Å². The van der Waals surface area contributed by atoms with Crippen LogP contribution >= 0.6 is 15.9 Å². The van der Waals surface area contributed by atoms with E-state index in [-0.39, 0.29) is 5.82 Å². The molecule has 0 saturated heterocycles. The Morgan fingerprint density at radius 1 is 1.20 bits per heavy atom. The largest absolute Gasteiger partial charge is 0.457 e. The van der Waals surface area contributed by atoms with Crippen LogP contribution in [0.1, 0.15) is 23.0 Å². The van der Waals surface area contributed by atoms with Crippen LogP contribution in [0.5, 0.6) is 0 Å². The van der Waals surface area contributed by atoms with Crippen molar-refractivity contribution in [2.45, 2.75) is 13.0 Å². The molecule has 0 bridgehead atoms. The van der Waals surface area contributed by atoms with Gasteiger partial charge in [-0.15, -0.1) is 0 Å². The molecular weight excluding hydrogens is 323 g/mol. The molecule has 1 atom stereocenters. The number of fused-ring (bicyclic) bond motifs is 1. The lowest BCUT2D eigenvalue weighted by Crippen LogP contribution is -2.01. The highest BCUT2D eigenvalue weighted by molar-refractivity contribution is 9.10. The number of furan rings is 1. The summed E-state index contributed by atoms with van der Waals surface area (Å²) in [7, 11) is 0. The smallest absolute Gasteiger partial charge is 0.148 e. The second kappa shape index (κ2) is 5.04. The van der Waals surface area contributed by atoms with Crippen molar-refractivity contribution in [1.82, 2.24) is 0 Å². The molecule has 3 rings (SSSR count). The Balaban J connectivity index is 2.08. The standard InChI is InChI=1S/C16H12BrFO2/c1-9-7-11(18)5-6-12(9)15(19)14-8-10-3-2-4-13(17)16(10)20-14/h2-8,15,19H,1H3. The number of rotatable bonds is 2. The Morgan fingerprint density at radius 3 is 2.70 bits per heavy atom. The predicted molar refractivity (Wildman–Crippen MR) is 79.1 cm³/mol. The molecule has 2 aromatic carbocycles. The Hall–Kier alpha value is -1.65. The fourth-order valence-corrected chi connectivity index (χ4v) is 2.74. The molecule has 0 aliphatic carbocycles. The first kappa shape index (κ1) is 13.3. The van der Waals surface area contributed by atoms with E-state index in [4.69, 9.17) is 4.42 Å². The second-order valence-electron chi connectivity index (χ2n) is 4.71. The van der Waals surface area contributed by atoms with Gasteiger partial charge in [-0.25, -0.2) is 4.39 Å². The second-order valence-corrected chi connectivity index (χ2v) is 5.56. The van der Waals surface area contributed by atoms with E-state index in [9.17, 15) is 9.50 Å². The lowest BCUT2D eigenvalue weighted by atomic mass is 10.0. The van der Waals surface area contributed by atoms with Crippen LogP contribution in [0.2, 0.25) is 0 Å². The molecule has 0 amide bonds. The van der Waals surface area contributed by atoms with Gasteiger partial charge in [0.25, 0.3) is 0 Å². The molecule has 1 heterocycles. The zero-order chi connectivity index (χ0) is 14.3. The van der Waals surface area contributed by atoms with Crippen LogP contribution in [-0.2, 0) is 0 Å². The van der Waals surface area contributed by atoms with Gasteiger partial charge in [0, 0.05) is 5.39 Å². The molecule has 0 fully saturated rings. The molecule has 4 heteroatoms. The van der Waals surface area contributed by atoms with Crippen molar-refractivity contribution in [1.29, 1.82) is 0 Å². The number of hydrogen-bond acceptors (Lipinski definition) is 2. The molecule has 0 aliphatic heterocycles. The van der Waals surface area contributed by atoms with Crippen molar-refractivity contribution in [2.75, 3.05) is 0 Å². The van der Waals surface area contributed by atoms with Gasteiger partial charge >= 0.3 is 0 Å². The maximum atomic E-state index is 13.1. The van der Waals surface area contributed by atoms with E-state index >= 15 is 0 Å². The Bertz CT molecular complexity index is 779. The average molecular weight is 335 g/mol. The van der Waals surface area contributed by atoms with Gasteiger partial charge in [-0.3, -0.25) is 0 Å². The van der Waals surface area contributed by atoms with Crippen molar-refractivity contribution < 1.29 is 13.9 Å². The quantitative estimate of drug-likeness (QED) is 0.735. The third kappa shape index (κ3) is 2.25. The van der Waals surface area contributed by atoms with Gasteiger partial charge in [0.2, 0.25) is 0 Å². The molecule has 0 spiro atoms. The van der Waals surface area contributed by atoms with Crippen LogP contribution in [-0.4, -0.2) is 5.11 Å². The molecular formula is C16H12BrFO2. The average Bonchev–Trinajstić information content (AvgIpc) is 2.83. The predicted octanol–water partition coefficient (Wildman–Crippen LogP) is 4.72. The highest BCUT2D eigenvalue weighted by Crippen LogP contribution is 2.33. The Labute approximate surface area is 124 Å². The summed E-state index contributed by atoms with van der Waals surface area (Å²) in [5, 5.41) is 11.3. The summed E-state index contributed by atoms with van der Waals surface area (Å²) in [4.78, 5) is 0. The molecule has 1 aromatic heterocycles. The Morgan fingerprint density at radius 2 is 2.00 bits per heavy atom. The van der Waals surface area contributed by atoms with Crippen LogP contribution < -0.4 is 0 Å². The van der Waals surface area contributed by atoms with E-state index < -0.39 is 6.10 Å². The fraction of sp³-hybridized carbons (Fsp3) is 0.125. The lowest BCUT2D eigenvalue weighted by Gasteiger charge is -2.11. The normalized spacial score (nSPS) is 12.8. The maximum absolute atomic E-state index is 13.1. The van der Waals surface area contributed by atoms with E-state index in [1.165, 1.54) is 12.1 Å². The summed E-state index contributed by atoms with van der Waals surface area (Å²) in [6.07, 6.45) is -0.908. The third-order valence-corrected chi connectivity index (χ3v) is 3.94. The number of aryl methyl sites for hydroxylation is 1. The van der Waals surface area contributed by atoms with Gasteiger partial charge < -0.3 is 9.52 Å². The Kier molecular flexibility index (Phi) is 3.36. The first-order valence-electron chi connectivity index (χ1n) is 6.18. The van der Waals surface area contributed by atoms with Crippen LogP contribution in [0.3, 0.4) is 0 Å². The SMILES string of the molecule is Cc1cc(F)ccc1C(O)c1cc2cccc(Br)c2o1. The number of aliphatic hydroxyl groups excluding tert-OH is 1. The van der Waals surface area contributed by atoms with Gasteiger partial charge in [0.15, 0.2) is 0 Å². The lowest BCUT2D eigenvalue weighted by molar-refractivity contribution is 0.191. The minimum absolute atomic E-state index is 0.314. The summed E-state index contributed by atoms with van der Waals surface area (Å²) in [6, 6.07) is 11.8. The van der Waals surface area contributed by atoms with Crippen molar-refractivity contribution in [3.63, 3.8) is 0 Å². The van der Waals surface area contributed by atoms with E-state index in [1.807, 2.05) is 18.2 Å². The van der Waals surface area contributed by atoms with Gasteiger partial charge in [-0.2, -0.15) is 0 Å². The van der Waals surface area contributed by atoms with Crippen LogP contribution in [0.4, 0.5) is 4.39 Å². The van der Waals surface area contributed by atoms with E-state index in [1.54, 1.807) is 19.1 Å². The number of aliphatic hydroxyl groups is 1. The highest BCUT2D eigenvalue weighted by atomic mass is 79.9. The first-order chi connectivity index (χ1) is 9.56. The first-order valence-corrected chi connectivity index (χ1v) is 6.97. The van der Waals surface area contributed by atoms with E-state index in [2.05, 4.69) is 15.9 Å². The minimum atomic E-state index is -0.908. The summed E-state index contributed by atoms with van der Waals surface area (Å²) < 4.78 is 19.7. The minimum Gasteiger partial charge on any atom is -0.457 e. The topological polar surface area (TPSA) is 33.4 Å². The summed E-state index contributed by atoms with van der Waals surface area (Å²) in [6.45, 7) is 1.76. The van der Waals surface area contributed by atoms with Gasteiger partial charge in [0.1, 0.15) is 23.3 Å². The van der Waals surface area contributed by atoms with Gasteiger partial charge in [0.05, 0.1) is 4.47 Å². The molecule has 0 saturated carbocycles. The van der Waals surface area contributed by atoms with Gasteiger partial charge in [-0.05, 0) is 58.2 Å². The molecule has 2 nitrogen and oxygen atoms in total. The monoisotopic (exact) mass is 334 g/mol. The zero-order valence-corrected chi connectivity index (χ0v) is 12.3. The number of halogens is 2. The molecule has 0 radical (unpaired) electrons. The molecule has 3 aromatic rings. The molecule has 1 unspecified atom stereocenters. The zero-order valence-electron chi connectivity index (χ0n) is 10.7. The van der Waals surface area contributed by atoms with E-state index in [0.717, 1.165) is 9.86 Å². The molecule has 102 valence electrons. The maximum Gasteiger partial charge on any atom is 0.148 e. The number of para-hydroxylation sites is 1. The number of hydrogen-bond donors (Lipinski definition) is 1. The summed E-state index contributed by atoms with van der Waals surface area (Å²) >= 11 is 3.41. The van der Waals surface area contributed by atoms with Crippen molar-refractivity contribution >= 4 is 26.9 Å². The molecule has 20 heavy (non-hydrogen) atoms.